The number of ether oxygens (including phenoxy) is 1. The highest BCUT2D eigenvalue weighted by Crippen LogP contribution is 2.30. The summed E-state index contributed by atoms with van der Waals surface area (Å²) in [5.41, 5.74) is -1.33. The average molecular weight is 398 g/mol. The fraction of sp³-hybridized carbons (Fsp3) is 0.167. The van der Waals surface area contributed by atoms with E-state index in [1.165, 1.54) is 24.3 Å². The Bertz CT molecular complexity index is 884. The minimum Gasteiger partial charge on any atom is -0.454 e. The minimum absolute atomic E-state index is 0.122. The van der Waals surface area contributed by atoms with Crippen LogP contribution in [0.2, 0.25) is 0 Å². The first kappa shape index (κ1) is 20.9. The van der Waals surface area contributed by atoms with E-state index in [0.29, 0.717) is 0 Å². The summed E-state index contributed by atoms with van der Waals surface area (Å²) in [7, 11) is 0. The Balaban J connectivity index is 1.79. The van der Waals surface area contributed by atoms with E-state index in [1.54, 1.807) is 0 Å². The number of benzene rings is 2. The van der Waals surface area contributed by atoms with Gasteiger partial charge < -0.3 is 15.4 Å². The molecule has 2 aromatic carbocycles. The number of hydrogen-bond acceptors (Lipinski definition) is 4. The minimum atomic E-state index is -4.57. The van der Waals surface area contributed by atoms with Crippen molar-refractivity contribution in [2.24, 2.45) is 0 Å². The molecule has 0 bridgehead atoms. The van der Waals surface area contributed by atoms with Gasteiger partial charge in [0.25, 0.3) is 11.8 Å². The first-order chi connectivity index (χ1) is 13.2. The van der Waals surface area contributed by atoms with Crippen molar-refractivity contribution >= 4 is 23.5 Å². The fourth-order valence-electron chi connectivity index (χ4n) is 2.06. The molecule has 0 aliphatic heterocycles. The first-order valence-corrected chi connectivity index (χ1v) is 7.82. The molecule has 0 aromatic heterocycles. The van der Waals surface area contributed by atoms with Gasteiger partial charge in [-0.15, -0.1) is 0 Å². The van der Waals surface area contributed by atoms with Crippen molar-refractivity contribution in [2.75, 3.05) is 18.5 Å². The standard InChI is InChI=1S/C18H14F4N2O4/c19-14-7-2-1-6-13(14)17(27)23-9-16(26)28-10-15(25)24-12-5-3-4-11(8-12)18(20,21)22/h1-8H,9-10H2,(H,23,27)(H,24,25). The Kier molecular flexibility index (Phi) is 6.69. The Hall–Kier alpha value is -3.43. The lowest BCUT2D eigenvalue weighted by atomic mass is 10.2. The van der Waals surface area contributed by atoms with Crippen LogP contribution in [0.3, 0.4) is 0 Å². The summed E-state index contributed by atoms with van der Waals surface area (Å²) >= 11 is 0. The lowest BCUT2D eigenvalue weighted by Gasteiger charge is -2.10. The summed E-state index contributed by atoms with van der Waals surface area (Å²) in [6, 6.07) is 9.05. The van der Waals surface area contributed by atoms with Gasteiger partial charge >= 0.3 is 12.1 Å². The summed E-state index contributed by atoms with van der Waals surface area (Å²) in [6.07, 6.45) is -4.57. The highest BCUT2D eigenvalue weighted by Gasteiger charge is 2.30. The topological polar surface area (TPSA) is 84.5 Å². The highest BCUT2D eigenvalue weighted by molar-refractivity contribution is 5.96. The van der Waals surface area contributed by atoms with E-state index in [9.17, 15) is 31.9 Å². The molecule has 0 fully saturated rings. The molecule has 10 heteroatoms. The van der Waals surface area contributed by atoms with Crippen LogP contribution in [-0.4, -0.2) is 30.9 Å². The van der Waals surface area contributed by atoms with E-state index in [-0.39, 0.29) is 11.3 Å². The average Bonchev–Trinajstić information content (AvgIpc) is 2.64. The third-order valence-corrected chi connectivity index (χ3v) is 3.35. The van der Waals surface area contributed by atoms with Crippen molar-refractivity contribution in [1.82, 2.24) is 5.32 Å². The molecular weight excluding hydrogens is 384 g/mol. The maximum absolute atomic E-state index is 13.4. The highest BCUT2D eigenvalue weighted by atomic mass is 19.4. The molecule has 2 N–H and O–H groups in total. The van der Waals surface area contributed by atoms with Gasteiger partial charge in [-0.25, -0.2) is 4.39 Å². The lowest BCUT2D eigenvalue weighted by molar-refractivity contribution is -0.146. The second-order valence-corrected chi connectivity index (χ2v) is 5.45. The molecule has 0 saturated heterocycles. The number of carbonyl (C=O) groups is 3. The van der Waals surface area contributed by atoms with Crippen molar-refractivity contribution in [1.29, 1.82) is 0 Å². The Morgan fingerprint density at radius 3 is 2.39 bits per heavy atom. The number of amides is 2. The van der Waals surface area contributed by atoms with Crippen molar-refractivity contribution in [3.8, 4) is 0 Å². The number of carbonyl (C=O) groups excluding carboxylic acids is 3. The van der Waals surface area contributed by atoms with Gasteiger partial charge in [0.1, 0.15) is 12.4 Å². The molecule has 2 rings (SSSR count). The Morgan fingerprint density at radius 1 is 1.00 bits per heavy atom. The van der Waals surface area contributed by atoms with Crippen LogP contribution in [0.25, 0.3) is 0 Å². The second kappa shape index (κ2) is 8.98. The molecule has 0 radical (unpaired) electrons. The van der Waals surface area contributed by atoms with Crippen LogP contribution in [0.4, 0.5) is 23.2 Å². The van der Waals surface area contributed by atoms with Gasteiger partial charge in [-0.05, 0) is 30.3 Å². The molecule has 0 saturated carbocycles. The molecule has 28 heavy (non-hydrogen) atoms. The quantitative estimate of drug-likeness (QED) is 0.579. The predicted octanol–water partition coefficient (Wildman–Crippen LogP) is 2.76. The zero-order valence-corrected chi connectivity index (χ0v) is 14.2. The normalized spacial score (nSPS) is 10.9. The number of hydrogen-bond donors (Lipinski definition) is 2. The molecule has 0 aliphatic carbocycles. The first-order valence-electron chi connectivity index (χ1n) is 7.82. The van der Waals surface area contributed by atoms with Gasteiger partial charge in [-0.3, -0.25) is 14.4 Å². The Labute approximate surface area is 156 Å². The van der Waals surface area contributed by atoms with Crippen LogP contribution in [0.15, 0.2) is 48.5 Å². The van der Waals surface area contributed by atoms with Crippen LogP contribution in [0.5, 0.6) is 0 Å². The van der Waals surface area contributed by atoms with Gasteiger partial charge in [0, 0.05) is 5.69 Å². The van der Waals surface area contributed by atoms with Crippen LogP contribution < -0.4 is 10.6 Å². The third kappa shape index (κ3) is 6.08. The maximum atomic E-state index is 13.4. The SMILES string of the molecule is O=C(COC(=O)CNC(=O)c1ccccc1F)Nc1cccc(C(F)(F)F)c1. The van der Waals surface area contributed by atoms with Crippen LogP contribution in [0, 0.1) is 5.82 Å². The summed E-state index contributed by atoms with van der Waals surface area (Å²) in [4.78, 5) is 35.0. The number of anilines is 1. The summed E-state index contributed by atoms with van der Waals surface area (Å²) in [5.74, 6) is -3.46. The zero-order valence-electron chi connectivity index (χ0n) is 14.2. The summed E-state index contributed by atoms with van der Waals surface area (Å²) < 4.78 is 55.9. The molecule has 2 aromatic rings. The van der Waals surface area contributed by atoms with E-state index in [1.807, 2.05) is 0 Å². The van der Waals surface area contributed by atoms with E-state index < -0.39 is 48.5 Å². The lowest BCUT2D eigenvalue weighted by Crippen LogP contribution is -2.32. The van der Waals surface area contributed by atoms with E-state index >= 15 is 0 Å². The monoisotopic (exact) mass is 398 g/mol. The molecule has 0 spiro atoms. The van der Waals surface area contributed by atoms with Gasteiger partial charge in [0.2, 0.25) is 0 Å². The molecule has 0 atom stereocenters. The molecular formula is C18H14F4N2O4. The molecule has 2 amide bonds. The summed E-state index contributed by atoms with van der Waals surface area (Å²) in [5, 5.41) is 4.28. The van der Waals surface area contributed by atoms with Gasteiger partial charge in [0.05, 0.1) is 11.1 Å². The second-order valence-electron chi connectivity index (χ2n) is 5.45. The number of nitrogens with one attached hydrogen (secondary N) is 2. The predicted molar refractivity (Wildman–Crippen MR) is 89.8 cm³/mol. The summed E-state index contributed by atoms with van der Waals surface area (Å²) in [6.45, 7) is -1.39. The van der Waals surface area contributed by atoms with E-state index in [0.717, 1.165) is 24.3 Å². The molecule has 6 nitrogen and oxygen atoms in total. The van der Waals surface area contributed by atoms with Crippen molar-refractivity contribution in [2.45, 2.75) is 6.18 Å². The Morgan fingerprint density at radius 2 is 1.71 bits per heavy atom. The third-order valence-electron chi connectivity index (χ3n) is 3.35. The van der Waals surface area contributed by atoms with Crippen LogP contribution in [0.1, 0.15) is 15.9 Å². The van der Waals surface area contributed by atoms with Crippen LogP contribution >= 0.6 is 0 Å². The molecule has 0 aliphatic rings. The number of rotatable bonds is 6. The van der Waals surface area contributed by atoms with Gasteiger partial charge in [0.15, 0.2) is 6.61 Å². The van der Waals surface area contributed by atoms with Crippen molar-refractivity contribution < 1.29 is 36.7 Å². The number of alkyl halides is 3. The zero-order chi connectivity index (χ0) is 20.7. The van der Waals surface area contributed by atoms with Gasteiger partial charge in [-0.1, -0.05) is 18.2 Å². The number of halogens is 4. The molecule has 148 valence electrons. The smallest absolute Gasteiger partial charge is 0.416 e. The largest absolute Gasteiger partial charge is 0.454 e. The van der Waals surface area contributed by atoms with Crippen LogP contribution in [-0.2, 0) is 20.5 Å². The van der Waals surface area contributed by atoms with E-state index in [2.05, 4.69) is 15.4 Å². The van der Waals surface area contributed by atoms with E-state index in [4.69, 9.17) is 0 Å². The maximum Gasteiger partial charge on any atom is 0.416 e. The van der Waals surface area contributed by atoms with Crippen molar-refractivity contribution in [3.63, 3.8) is 0 Å². The fourth-order valence-corrected chi connectivity index (χ4v) is 2.06. The number of esters is 1. The van der Waals surface area contributed by atoms with Crippen molar-refractivity contribution in [3.05, 3.63) is 65.5 Å². The molecule has 0 unspecified atom stereocenters. The van der Waals surface area contributed by atoms with Gasteiger partial charge in [-0.2, -0.15) is 13.2 Å². The molecule has 0 heterocycles.